The number of hydrogen-bond acceptors (Lipinski definition) is 5. The summed E-state index contributed by atoms with van der Waals surface area (Å²) in [5.41, 5.74) is -0.788. The van der Waals surface area contributed by atoms with E-state index in [1.54, 1.807) is 20.8 Å². The zero-order valence-electron chi connectivity index (χ0n) is 14.9. The van der Waals surface area contributed by atoms with Gasteiger partial charge in [0.15, 0.2) is 0 Å². The second-order valence-corrected chi connectivity index (χ2v) is 6.71. The summed E-state index contributed by atoms with van der Waals surface area (Å²) in [4.78, 5) is 26.2. The number of hydrogen-bond donors (Lipinski definition) is 2. The van der Waals surface area contributed by atoms with Gasteiger partial charge in [-0.2, -0.15) is 0 Å². The molecule has 1 saturated heterocycles. The molecule has 1 fully saturated rings. The minimum atomic E-state index is -0.661. The molecule has 1 heterocycles. The second-order valence-electron chi connectivity index (χ2n) is 6.71. The Bertz CT molecular complexity index is 645. The van der Waals surface area contributed by atoms with Gasteiger partial charge >= 0.3 is 6.09 Å². The zero-order valence-corrected chi connectivity index (χ0v) is 14.9. The Balaban J connectivity index is 2.13. The van der Waals surface area contributed by atoms with Crippen LogP contribution in [0.3, 0.4) is 0 Å². The number of methoxy groups -OCH3 is 1. The number of carbonyl (C=O) groups is 2. The lowest BCUT2D eigenvalue weighted by Gasteiger charge is -2.37. The van der Waals surface area contributed by atoms with Crippen LogP contribution < -0.4 is 15.4 Å². The number of ether oxygens (including phenoxy) is 2. The average Bonchev–Trinajstić information content (AvgIpc) is 2.54. The summed E-state index contributed by atoms with van der Waals surface area (Å²) in [6.45, 7) is 6.61. The first kappa shape index (κ1) is 19.0. The van der Waals surface area contributed by atoms with Gasteiger partial charge in [-0.1, -0.05) is 0 Å². The third-order valence-electron chi connectivity index (χ3n) is 3.59. The van der Waals surface area contributed by atoms with Gasteiger partial charge in [0, 0.05) is 19.6 Å². The number of rotatable bonds is 3. The van der Waals surface area contributed by atoms with Crippen LogP contribution in [0.15, 0.2) is 18.2 Å². The van der Waals surface area contributed by atoms with E-state index in [4.69, 9.17) is 9.47 Å². The van der Waals surface area contributed by atoms with Crippen LogP contribution in [-0.4, -0.2) is 55.4 Å². The number of benzene rings is 1. The molecule has 0 saturated carbocycles. The molecular formula is C17H24FN3O4. The lowest BCUT2D eigenvalue weighted by Crippen LogP contribution is -2.61. The predicted octanol–water partition coefficient (Wildman–Crippen LogP) is 1.73. The molecule has 2 N–H and O–H groups in total. The molecule has 1 unspecified atom stereocenters. The van der Waals surface area contributed by atoms with Crippen LogP contribution in [0.2, 0.25) is 0 Å². The monoisotopic (exact) mass is 353 g/mol. The summed E-state index contributed by atoms with van der Waals surface area (Å²) in [5, 5.41) is 5.77. The second kappa shape index (κ2) is 7.69. The molecule has 1 aromatic rings. The van der Waals surface area contributed by atoms with Crippen LogP contribution >= 0.6 is 0 Å². The van der Waals surface area contributed by atoms with Crippen molar-refractivity contribution in [2.75, 3.05) is 26.7 Å². The first-order valence-electron chi connectivity index (χ1n) is 8.06. The van der Waals surface area contributed by atoms with Crippen LogP contribution in [0.25, 0.3) is 0 Å². The Hall–Kier alpha value is -2.35. The highest BCUT2D eigenvalue weighted by Crippen LogP contribution is 2.17. The minimum absolute atomic E-state index is 0.144. The molecule has 25 heavy (non-hydrogen) atoms. The normalized spacial score (nSPS) is 17.8. The number of carbonyl (C=O) groups excluding carboxylic acids is 2. The molecule has 7 nitrogen and oxygen atoms in total. The molecule has 138 valence electrons. The first-order valence-corrected chi connectivity index (χ1v) is 8.06. The fourth-order valence-corrected chi connectivity index (χ4v) is 2.41. The molecule has 1 atom stereocenters. The van der Waals surface area contributed by atoms with Crippen molar-refractivity contribution in [3.8, 4) is 5.75 Å². The van der Waals surface area contributed by atoms with Crippen LogP contribution in [0.1, 0.15) is 31.1 Å². The maximum absolute atomic E-state index is 14.0. The van der Waals surface area contributed by atoms with Crippen LogP contribution in [-0.2, 0) is 4.74 Å². The minimum Gasteiger partial charge on any atom is -0.497 e. The van der Waals surface area contributed by atoms with Crippen molar-refractivity contribution >= 4 is 12.0 Å². The summed E-state index contributed by atoms with van der Waals surface area (Å²) >= 11 is 0. The standard InChI is InChI=1S/C17H24FN3O4/c1-17(2,3)25-16(23)21-8-7-19-10-14(21)20-15(22)12-9-11(24-4)5-6-13(12)18/h5-6,9,14,19H,7-8,10H2,1-4H3,(H,20,22). The van der Waals surface area contributed by atoms with Gasteiger partial charge in [0.1, 0.15) is 23.3 Å². The van der Waals surface area contributed by atoms with Gasteiger partial charge in [-0.3, -0.25) is 9.69 Å². The van der Waals surface area contributed by atoms with E-state index in [-0.39, 0.29) is 5.56 Å². The number of halogens is 1. The molecule has 8 heteroatoms. The van der Waals surface area contributed by atoms with Crippen molar-refractivity contribution in [1.82, 2.24) is 15.5 Å². The summed E-state index contributed by atoms with van der Waals surface area (Å²) in [6, 6.07) is 3.92. The van der Waals surface area contributed by atoms with Gasteiger partial charge in [-0.25, -0.2) is 9.18 Å². The number of piperazine rings is 1. The Morgan fingerprint density at radius 2 is 2.08 bits per heavy atom. The molecule has 2 amide bonds. The van der Waals surface area contributed by atoms with Crippen molar-refractivity contribution < 1.29 is 23.5 Å². The van der Waals surface area contributed by atoms with Crippen LogP contribution in [0.4, 0.5) is 9.18 Å². The van der Waals surface area contributed by atoms with Crippen LogP contribution in [0.5, 0.6) is 5.75 Å². The number of amides is 2. The van der Waals surface area contributed by atoms with Crippen molar-refractivity contribution in [1.29, 1.82) is 0 Å². The highest BCUT2D eigenvalue weighted by molar-refractivity contribution is 5.95. The van der Waals surface area contributed by atoms with E-state index in [0.29, 0.717) is 25.4 Å². The van der Waals surface area contributed by atoms with Crippen molar-refractivity contribution in [3.63, 3.8) is 0 Å². The molecule has 0 spiro atoms. The Morgan fingerprint density at radius 3 is 2.72 bits per heavy atom. The maximum Gasteiger partial charge on any atom is 0.412 e. The van der Waals surface area contributed by atoms with Gasteiger partial charge in [0.2, 0.25) is 0 Å². The molecular weight excluding hydrogens is 329 g/mol. The van der Waals surface area contributed by atoms with E-state index in [0.717, 1.165) is 0 Å². The smallest absolute Gasteiger partial charge is 0.412 e. The summed E-state index contributed by atoms with van der Waals surface area (Å²) < 4.78 is 24.3. The highest BCUT2D eigenvalue weighted by atomic mass is 19.1. The van der Waals surface area contributed by atoms with Gasteiger partial charge in [-0.15, -0.1) is 0 Å². The van der Waals surface area contributed by atoms with Crippen molar-refractivity contribution in [2.24, 2.45) is 0 Å². The first-order chi connectivity index (χ1) is 11.7. The molecule has 1 aliphatic heterocycles. The lowest BCUT2D eigenvalue weighted by atomic mass is 10.1. The Morgan fingerprint density at radius 1 is 1.36 bits per heavy atom. The zero-order chi connectivity index (χ0) is 18.6. The third kappa shape index (κ3) is 5.06. The number of nitrogens with zero attached hydrogens (tertiary/aromatic N) is 1. The SMILES string of the molecule is COc1ccc(F)c(C(=O)NC2CNCCN2C(=O)OC(C)(C)C)c1. The molecule has 0 aromatic heterocycles. The fraction of sp³-hybridized carbons (Fsp3) is 0.529. The average molecular weight is 353 g/mol. The molecule has 2 rings (SSSR count). The van der Waals surface area contributed by atoms with Crippen LogP contribution in [0, 0.1) is 5.82 Å². The Labute approximate surface area is 146 Å². The largest absolute Gasteiger partial charge is 0.497 e. The lowest BCUT2D eigenvalue weighted by molar-refractivity contribution is 0.00851. The van der Waals surface area contributed by atoms with Gasteiger partial charge in [-0.05, 0) is 39.0 Å². The summed E-state index contributed by atoms with van der Waals surface area (Å²) in [6.07, 6.45) is -1.16. The van der Waals surface area contributed by atoms with E-state index in [1.807, 2.05) is 0 Å². The topological polar surface area (TPSA) is 79.9 Å². The fourth-order valence-electron chi connectivity index (χ4n) is 2.41. The maximum atomic E-state index is 14.0. The van der Waals surface area contributed by atoms with Gasteiger partial charge in [0.25, 0.3) is 5.91 Å². The summed E-state index contributed by atoms with van der Waals surface area (Å²) in [5.74, 6) is -0.915. The van der Waals surface area contributed by atoms with Gasteiger partial charge < -0.3 is 20.1 Å². The predicted molar refractivity (Wildman–Crippen MR) is 90.0 cm³/mol. The van der Waals surface area contributed by atoms with Crippen molar-refractivity contribution in [3.05, 3.63) is 29.6 Å². The van der Waals surface area contributed by atoms with E-state index in [2.05, 4.69) is 10.6 Å². The molecule has 1 aliphatic rings. The van der Waals surface area contributed by atoms with E-state index < -0.39 is 29.6 Å². The van der Waals surface area contributed by atoms with E-state index in [9.17, 15) is 14.0 Å². The molecule has 0 radical (unpaired) electrons. The Kier molecular flexibility index (Phi) is 5.84. The molecule has 0 aliphatic carbocycles. The van der Waals surface area contributed by atoms with Gasteiger partial charge in [0.05, 0.1) is 12.7 Å². The van der Waals surface area contributed by atoms with Crippen molar-refractivity contribution in [2.45, 2.75) is 32.5 Å². The summed E-state index contributed by atoms with van der Waals surface area (Å²) in [7, 11) is 1.43. The highest BCUT2D eigenvalue weighted by Gasteiger charge is 2.32. The quantitative estimate of drug-likeness (QED) is 0.865. The molecule has 0 bridgehead atoms. The van der Waals surface area contributed by atoms with E-state index >= 15 is 0 Å². The third-order valence-corrected chi connectivity index (χ3v) is 3.59. The van der Waals surface area contributed by atoms with E-state index in [1.165, 1.54) is 30.2 Å². The number of nitrogens with one attached hydrogen (secondary N) is 2. The molecule has 1 aromatic carbocycles.